The van der Waals surface area contributed by atoms with Crippen LogP contribution in [0.15, 0.2) is 46.9 Å². The van der Waals surface area contributed by atoms with Crippen LogP contribution in [0.4, 0.5) is 4.39 Å². The van der Waals surface area contributed by atoms with Crippen molar-refractivity contribution in [2.75, 3.05) is 18.8 Å². The summed E-state index contributed by atoms with van der Waals surface area (Å²) >= 11 is 0. The van der Waals surface area contributed by atoms with Crippen LogP contribution in [0, 0.1) is 5.82 Å². The molecule has 3 rings (SSSR count). The maximum Gasteiger partial charge on any atom is 0.172 e. The second kappa shape index (κ2) is 7.40. The van der Waals surface area contributed by atoms with Gasteiger partial charge in [0.1, 0.15) is 23.1 Å². The molecule has 1 fully saturated rings. The Morgan fingerprint density at radius 3 is 2.65 bits per heavy atom. The van der Waals surface area contributed by atoms with E-state index < -0.39 is 20.8 Å². The van der Waals surface area contributed by atoms with E-state index in [2.05, 4.69) is 16.6 Å². The van der Waals surface area contributed by atoms with Gasteiger partial charge in [0.15, 0.2) is 9.84 Å². The van der Waals surface area contributed by atoms with E-state index in [0.29, 0.717) is 18.7 Å². The Bertz CT molecular complexity index is 815. The summed E-state index contributed by atoms with van der Waals surface area (Å²) in [6.45, 7) is 6.66. The maximum absolute atomic E-state index is 14.0. The number of hydrogen-bond donors (Lipinski definition) is 0. The molecule has 0 bridgehead atoms. The molecule has 1 aromatic carbocycles. The molecule has 7 heteroatoms. The number of halogens is 1. The molecule has 0 spiro atoms. The van der Waals surface area contributed by atoms with Crippen molar-refractivity contribution >= 4 is 22.4 Å². The Labute approximate surface area is 154 Å². The Morgan fingerprint density at radius 2 is 2.08 bits per heavy atom. The standard InChI is InChI=1S/C19H24FN3O2S/c1-3-18(26(24,25)13-19(2)12-21-14-22-19)23-10-8-15(9-11-23)16-6-4-5-7-17(16)20/h3-7,12,14-15,18H,1,8-11,13H2,2H3. The van der Waals surface area contributed by atoms with Crippen molar-refractivity contribution in [3.63, 3.8) is 0 Å². The number of sulfone groups is 1. The summed E-state index contributed by atoms with van der Waals surface area (Å²) in [4.78, 5) is 9.98. The van der Waals surface area contributed by atoms with Crippen molar-refractivity contribution < 1.29 is 12.8 Å². The molecule has 0 amide bonds. The molecular formula is C19H24FN3O2S. The largest absolute Gasteiger partial charge is 0.284 e. The van der Waals surface area contributed by atoms with E-state index in [1.54, 1.807) is 19.2 Å². The molecule has 5 nitrogen and oxygen atoms in total. The highest BCUT2D eigenvalue weighted by Crippen LogP contribution is 2.31. The van der Waals surface area contributed by atoms with Gasteiger partial charge in [-0.1, -0.05) is 24.3 Å². The smallest absolute Gasteiger partial charge is 0.172 e. The lowest BCUT2D eigenvalue weighted by Crippen LogP contribution is -2.47. The molecule has 2 unspecified atom stereocenters. The van der Waals surface area contributed by atoms with Gasteiger partial charge in [0.2, 0.25) is 0 Å². The monoisotopic (exact) mass is 377 g/mol. The first-order chi connectivity index (χ1) is 12.3. The van der Waals surface area contributed by atoms with Crippen LogP contribution in [0.25, 0.3) is 0 Å². The third kappa shape index (κ3) is 3.94. The lowest BCUT2D eigenvalue weighted by molar-refractivity contribution is 0.210. The van der Waals surface area contributed by atoms with Gasteiger partial charge in [-0.3, -0.25) is 9.89 Å². The Balaban J connectivity index is 1.69. The summed E-state index contributed by atoms with van der Waals surface area (Å²) in [5, 5.41) is -0.759. The maximum atomic E-state index is 14.0. The lowest BCUT2D eigenvalue weighted by atomic mass is 9.89. The number of hydrogen-bond acceptors (Lipinski definition) is 5. The second-order valence-corrected chi connectivity index (χ2v) is 9.24. The number of rotatable bonds is 6. The molecule has 1 saturated heterocycles. The molecule has 0 aromatic heterocycles. The SMILES string of the molecule is C=CC(N1CCC(c2ccccc2F)CC1)S(=O)(=O)CC1(C)C=NC=N1. The summed E-state index contributed by atoms with van der Waals surface area (Å²) in [6.07, 6.45) is 5.88. The van der Waals surface area contributed by atoms with Crippen LogP contribution in [0.5, 0.6) is 0 Å². The van der Waals surface area contributed by atoms with E-state index in [0.717, 1.165) is 12.8 Å². The molecule has 2 aliphatic heterocycles. The number of likely N-dealkylation sites (tertiary alicyclic amines) is 1. The first kappa shape index (κ1) is 18.9. The molecule has 2 atom stereocenters. The molecule has 0 aliphatic carbocycles. The summed E-state index contributed by atoms with van der Waals surface area (Å²) in [5.74, 6) is -0.181. The normalized spacial score (nSPS) is 25.5. The van der Waals surface area contributed by atoms with Crippen LogP contribution in [0.3, 0.4) is 0 Å². The van der Waals surface area contributed by atoms with Crippen molar-refractivity contribution in [3.8, 4) is 0 Å². The lowest BCUT2D eigenvalue weighted by Gasteiger charge is -2.36. The average molecular weight is 377 g/mol. The minimum Gasteiger partial charge on any atom is -0.284 e. The average Bonchev–Trinajstić information content (AvgIpc) is 3.01. The minimum absolute atomic E-state index is 0.107. The van der Waals surface area contributed by atoms with E-state index in [1.807, 2.05) is 17.0 Å². The zero-order valence-electron chi connectivity index (χ0n) is 14.9. The summed E-state index contributed by atoms with van der Waals surface area (Å²) in [6, 6.07) is 6.81. The van der Waals surface area contributed by atoms with Crippen LogP contribution in [0.2, 0.25) is 0 Å². The Morgan fingerprint density at radius 1 is 1.38 bits per heavy atom. The summed E-state index contributed by atoms with van der Waals surface area (Å²) in [7, 11) is -3.48. The fourth-order valence-corrected chi connectivity index (χ4v) is 5.85. The molecule has 2 aliphatic rings. The van der Waals surface area contributed by atoms with Gasteiger partial charge in [-0.2, -0.15) is 0 Å². The molecule has 0 saturated carbocycles. The summed E-state index contributed by atoms with van der Waals surface area (Å²) in [5.41, 5.74) is -0.0971. The highest BCUT2D eigenvalue weighted by atomic mass is 32.2. The predicted molar refractivity (Wildman–Crippen MR) is 103 cm³/mol. The van der Waals surface area contributed by atoms with Crippen LogP contribution in [-0.2, 0) is 9.84 Å². The fraction of sp³-hybridized carbons (Fsp3) is 0.474. The van der Waals surface area contributed by atoms with Crippen molar-refractivity contribution in [2.24, 2.45) is 9.98 Å². The van der Waals surface area contributed by atoms with Gasteiger partial charge < -0.3 is 0 Å². The van der Waals surface area contributed by atoms with Gasteiger partial charge >= 0.3 is 0 Å². The number of piperidine rings is 1. The molecule has 2 heterocycles. The first-order valence-corrected chi connectivity index (χ1v) is 10.5. The fourth-order valence-electron chi connectivity index (χ4n) is 3.75. The van der Waals surface area contributed by atoms with Crippen LogP contribution < -0.4 is 0 Å². The first-order valence-electron chi connectivity index (χ1n) is 8.75. The zero-order valence-corrected chi connectivity index (χ0v) is 15.7. The molecular weight excluding hydrogens is 353 g/mol. The zero-order chi connectivity index (χ0) is 18.8. The molecule has 1 aromatic rings. The van der Waals surface area contributed by atoms with Crippen molar-refractivity contribution in [1.82, 2.24) is 4.90 Å². The molecule has 26 heavy (non-hydrogen) atoms. The number of aliphatic imine (C=N–C) groups is 2. The predicted octanol–water partition coefficient (Wildman–Crippen LogP) is 2.80. The van der Waals surface area contributed by atoms with Gasteiger partial charge in [-0.25, -0.2) is 17.8 Å². The third-order valence-corrected chi connectivity index (χ3v) is 7.28. The topological polar surface area (TPSA) is 62.1 Å². The van der Waals surface area contributed by atoms with E-state index in [9.17, 15) is 12.8 Å². The van der Waals surface area contributed by atoms with E-state index >= 15 is 0 Å². The molecule has 140 valence electrons. The van der Waals surface area contributed by atoms with Crippen LogP contribution >= 0.6 is 0 Å². The number of nitrogens with zero attached hydrogens (tertiary/aromatic N) is 3. The van der Waals surface area contributed by atoms with Crippen molar-refractivity contribution in [2.45, 2.75) is 36.6 Å². The van der Waals surface area contributed by atoms with Gasteiger partial charge in [-0.15, -0.1) is 6.58 Å². The third-order valence-electron chi connectivity index (χ3n) is 5.07. The summed E-state index contributed by atoms with van der Waals surface area (Å²) < 4.78 is 39.8. The highest BCUT2D eigenvalue weighted by Gasteiger charge is 2.38. The van der Waals surface area contributed by atoms with Gasteiger partial charge in [0.25, 0.3) is 0 Å². The van der Waals surface area contributed by atoms with Crippen molar-refractivity contribution in [3.05, 3.63) is 48.3 Å². The van der Waals surface area contributed by atoms with E-state index in [1.165, 1.54) is 18.5 Å². The minimum atomic E-state index is -3.48. The molecule has 0 N–H and O–H groups in total. The number of benzene rings is 1. The molecule has 0 radical (unpaired) electrons. The van der Waals surface area contributed by atoms with E-state index in [-0.39, 0.29) is 17.5 Å². The van der Waals surface area contributed by atoms with E-state index in [4.69, 9.17) is 0 Å². The quantitative estimate of drug-likeness (QED) is 0.716. The van der Waals surface area contributed by atoms with Crippen LogP contribution in [0.1, 0.15) is 31.2 Å². The van der Waals surface area contributed by atoms with Gasteiger partial charge in [0.05, 0.1) is 5.75 Å². The van der Waals surface area contributed by atoms with Gasteiger partial charge in [0, 0.05) is 19.3 Å². The van der Waals surface area contributed by atoms with Crippen molar-refractivity contribution in [1.29, 1.82) is 0 Å². The van der Waals surface area contributed by atoms with Crippen LogP contribution in [-0.4, -0.2) is 55.6 Å². The Kier molecular flexibility index (Phi) is 5.39. The Hall–Kier alpha value is -1.86. The highest BCUT2D eigenvalue weighted by molar-refractivity contribution is 7.92. The second-order valence-electron chi connectivity index (χ2n) is 7.15. The van der Waals surface area contributed by atoms with Gasteiger partial charge in [-0.05, 0) is 37.3 Å².